The lowest BCUT2D eigenvalue weighted by Gasteiger charge is -2.10. The minimum Gasteiger partial charge on any atom is -0.304 e. The lowest BCUT2D eigenvalue weighted by atomic mass is 10.3. The Balaban J connectivity index is 1.91. The van der Waals surface area contributed by atoms with E-state index in [1.54, 1.807) is 11.3 Å². The summed E-state index contributed by atoms with van der Waals surface area (Å²) < 4.78 is 0. The summed E-state index contributed by atoms with van der Waals surface area (Å²) in [5.74, 6) is 0. The summed E-state index contributed by atoms with van der Waals surface area (Å²) in [7, 11) is 0. The summed E-state index contributed by atoms with van der Waals surface area (Å²) in [5.41, 5.74) is 0. The van der Waals surface area contributed by atoms with Crippen molar-refractivity contribution >= 4 is 22.7 Å². The molecule has 0 amide bonds. The standard InChI is InChI=1S/C12H16N2S2/c1-8-4-5-11(15-8)6-13-9(2)12-7-14-10(3)16-12/h4-5,7,9,13H,6H2,1-3H3. The number of rotatable bonds is 4. The highest BCUT2D eigenvalue weighted by Gasteiger charge is 2.08. The van der Waals surface area contributed by atoms with E-state index in [0.29, 0.717) is 6.04 Å². The zero-order valence-electron chi connectivity index (χ0n) is 9.78. The van der Waals surface area contributed by atoms with Crippen LogP contribution >= 0.6 is 22.7 Å². The van der Waals surface area contributed by atoms with Gasteiger partial charge in [-0.25, -0.2) is 4.98 Å². The first-order valence-electron chi connectivity index (χ1n) is 5.36. The molecule has 1 atom stereocenters. The molecule has 1 unspecified atom stereocenters. The van der Waals surface area contributed by atoms with Gasteiger partial charge < -0.3 is 5.32 Å². The van der Waals surface area contributed by atoms with Crippen LogP contribution in [0.15, 0.2) is 18.3 Å². The third kappa shape index (κ3) is 2.90. The Morgan fingerprint density at radius 3 is 2.69 bits per heavy atom. The summed E-state index contributed by atoms with van der Waals surface area (Å²) in [6, 6.07) is 4.74. The smallest absolute Gasteiger partial charge is 0.0897 e. The van der Waals surface area contributed by atoms with Gasteiger partial charge in [0.25, 0.3) is 0 Å². The number of thiophene rings is 1. The SMILES string of the molecule is Cc1ccc(CNC(C)c2cnc(C)s2)s1. The van der Waals surface area contributed by atoms with Crippen molar-refractivity contribution in [3.8, 4) is 0 Å². The van der Waals surface area contributed by atoms with Gasteiger partial charge in [-0.3, -0.25) is 0 Å². The number of hydrogen-bond acceptors (Lipinski definition) is 4. The highest BCUT2D eigenvalue weighted by molar-refractivity contribution is 7.12. The zero-order chi connectivity index (χ0) is 11.5. The van der Waals surface area contributed by atoms with E-state index in [2.05, 4.69) is 36.3 Å². The molecule has 0 fully saturated rings. The van der Waals surface area contributed by atoms with E-state index in [-0.39, 0.29) is 0 Å². The van der Waals surface area contributed by atoms with Gasteiger partial charge in [0.15, 0.2) is 0 Å². The molecular weight excluding hydrogens is 236 g/mol. The third-order valence-electron chi connectivity index (χ3n) is 2.44. The molecular formula is C12H16N2S2. The quantitative estimate of drug-likeness (QED) is 0.898. The molecule has 86 valence electrons. The van der Waals surface area contributed by atoms with Gasteiger partial charge in [0.1, 0.15) is 0 Å². The molecule has 16 heavy (non-hydrogen) atoms. The molecule has 0 spiro atoms. The number of nitrogens with zero attached hydrogens (tertiary/aromatic N) is 1. The van der Waals surface area contributed by atoms with Gasteiger partial charge in [0.2, 0.25) is 0 Å². The Morgan fingerprint density at radius 1 is 1.31 bits per heavy atom. The molecule has 2 rings (SSSR count). The summed E-state index contributed by atoms with van der Waals surface area (Å²) in [6.07, 6.45) is 1.97. The number of hydrogen-bond donors (Lipinski definition) is 1. The fourth-order valence-corrected chi connectivity index (χ4v) is 3.17. The predicted molar refractivity (Wildman–Crippen MR) is 71.2 cm³/mol. The maximum Gasteiger partial charge on any atom is 0.0897 e. The highest BCUT2D eigenvalue weighted by Crippen LogP contribution is 2.21. The minimum absolute atomic E-state index is 0.383. The fourth-order valence-electron chi connectivity index (χ4n) is 1.51. The van der Waals surface area contributed by atoms with Crippen LogP contribution in [0, 0.1) is 13.8 Å². The van der Waals surface area contributed by atoms with Crippen molar-refractivity contribution in [1.29, 1.82) is 0 Å². The van der Waals surface area contributed by atoms with Gasteiger partial charge in [0.05, 0.1) is 5.01 Å². The molecule has 0 bridgehead atoms. The summed E-state index contributed by atoms with van der Waals surface area (Å²) in [6.45, 7) is 7.32. The predicted octanol–water partition coefficient (Wildman–Crippen LogP) is 3.67. The average Bonchev–Trinajstić information content (AvgIpc) is 2.84. The second-order valence-electron chi connectivity index (χ2n) is 3.90. The van der Waals surface area contributed by atoms with E-state index >= 15 is 0 Å². The Bertz CT molecular complexity index is 459. The Labute approximate surface area is 104 Å². The molecule has 0 aliphatic carbocycles. The number of nitrogens with one attached hydrogen (secondary N) is 1. The van der Waals surface area contributed by atoms with Gasteiger partial charge in [-0.2, -0.15) is 0 Å². The molecule has 0 radical (unpaired) electrons. The second kappa shape index (κ2) is 5.08. The van der Waals surface area contributed by atoms with Gasteiger partial charge >= 0.3 is 0 Å². The first kappa shape index (κ1) is 11.8. The van der Waals surface area contributed by atoms with Crippen LogP contribution < -0.4 is 5.32 Å². The van der Waals surface area contributed by atoms with Crippen LogP contribution in [-0.2, 0) is 6.54 Å². The number of aromatic nitrogens is 1. The van der Waals surface area contributed by atoms with E-state index in [1.807, 2.05) is 24.5 Å². The van der Waals surface area contributed by atoms with Crippen LogP contribution in [0.2, 0.25) is 0 Å². The van der Waals surface area contributed by atoms with Crippen molar-refractivity contribution in [1.82, 2.24) is 10.3 Å². The van der Waals surface area contributed by atoms with Crippen molar-refractivity contribution < 1.29 is 0 Å². The molecule has 0 aromatic carbocycles. The summed E-state index contributed by atoms with van der Waals surface area (Å²) in [5, 5.41) is 4.66. The van der Waals surface area contributed by atoms with Crippen LogP contribution in [-0.4, -0.2) is 4.98 Å². The average molecular weight is 252 g/mol. The molecule has 2 heterocycles. The molecule has 2 aromatic heterocycles. The monoisotopic (exact) mass is 252 g/mol. The van der Waals surface area contributed by atoms with E-state index in [0.717, 1.165) is 11.6 Å². The zero-order valence-corrected chi connectivity index (χ0v) is 11.4. The van der Waals surface area contributed by atoms with Gasteiger partial charge in [-0.1, -0.05) is 0 Å². The molecule has 4 heteroatoms. The first-order chi connectivity index (χ1) is 7.65. The summed E-state index contributed by atoms with van der Waals surface area (Å²) in [4.78, 5) is 8.36. The molecule has 2 aromatic rings. The summed E-state index contributed by atoms with van der Waals surface area (Å²) >= 11 is 3.62. The maximum atomic E-state index is 4.28. The molecule has 2 nitrogen and oxygen atoms in total. The lowest BCUT2D eigenvalue weighted by Crippen LogP contribution is -2.16. The van der Waals surface area contributed by atoms with Crippen LogP contribution in [0.4, 0.5) is 0 Å². The van der Waals surface area contributed by atoms with E-state index in [1.165, 1.54) is 14.6 Å². The van der Waals surface area contributed by atoms with E-state index < -0.39 is 0 Å². The highest BCUT2D eigenvalue weighted by atomic mass is 32.1. The molecule has 0 aliphatic rings. The van der Waals surface area contributed by atoms with E-state index in [9.17, 15) is 0 Å². The maximum absolute atomic E-state index is 4.28. The van der Waals surface area contributed by atoms with Crippen molar-refractivity contribution in [3.63, 3.8) is 0 Å². The second-order valence-corrected chi connectivity index (χ2v) is 6.54. The van der Waals surface area contributed by atoms with Crippen LogP contribution in [0.25, 0.3) is 0 Å². The normalized spacial score (nSPS) is 12.9. The van der Waals surface area contributed by atoms with Gasteiger partial charge in [-0.05, 0) is 32.9 Å². The number of aryl methyl sites for hydroxylation is 2. The molecule has 0 aliphatic heterocycles. The van der Waals surface area contributed by atoms with Crippen molar-refractivity contribution in [2.45, 2.75) is 33.4 Å². The van der Waals surface area contributed by atoms with Crippen LogP contribution in [0.5, 0.6) is 0 Å². The third-order valence-corrected chi connectivity index (χ3v) is 4.54. The molecule has 0 saturated heterocycles. The van der Waals surface area contributed by atoms with Crippen LogP contribution in [0.1, 0.15) is 32.6 Å². The molecule has 0 saturated carbocycles. The lowest BCUT2D eigenvalue weighted by molar-refractivity contribution is 0.586. The Morgan fingerprint density at radius 2 is 2.12 bits per heavy atom. The van der Waals surface area contributed by atoms with Gasteiger partial charge in [0, 0.05) is 33.4 Å². The van der Waals surface area contributed by atoms with Gasteiger partial charge in [-0.15, -0.1) is 22.7 Å². The minimum atomic E-state index is 0.383. The largest absolute Gasteiger partial charge is 0.304 e. The first-order valence-corrected chi connectivity index (χ1v) is 6.99. The molecule has 1 N–H and O–H groups in total. The van der Waals surface area contributed by atoms with Crippen LogP contribution in [0.3, 0.4) is 0 Å². The van der Waals surface area contributed by atoms with Crippen molar-refractivity contribution in [2.75, 3.05) is 0 Å². The van der Waals surface area contributed by atoms with E-state index in [4.69, 9.17) is 0 Å². The van der Waals surface area contributed by atoms with Crippen molar-refractivity contribution in [2.24, 2.45) is 0 Å². The Kier molecular flexibility index (Phi) is 3.74. The topological polar surface area (TPSA) is 24.9 Å². The Hall–Kier alpha value is -0.710. The van der Waals surface area contributed by atoms with Crippen molar-refractivity contribution in [3.05, 3.63) is 38.0 Å². The fraction of sp³-hybridized carbons (Fsp3) is 0.417. The number of thiazole rings is 1.